The molecule has 3 N–H and O–H groups in total. The van der Waals surface area contributed by atoms with Crippen LogP contribution in [-0.4, -0.2) is 74.8 Å². The van der Waals surface area contributed by atoms with Crippen LogP contribution in [-0.2, 0) is 4.79 Å². The van der Waals surface area contributed by atoms with Crippen LogP contribution >= 0.6 is 0 Å². The molecular weight excluding hydrogens is 444 g/mol. The van der Waals surface area contributed by atoms with E-state index in [4.69, 9.17) is 0 Å². The van der Waals surface area contributed by atoms with Crippen LogP contribution in [0, 0.1) is 0 Å². The van der Waals surface area contributed by atoms with Gasteiger partial charge in [0.25, 0.3) is 5.91 Å². The monoisotopic (exact) mass is 470 g/mol. The fourth-order valence-corrected chi connectivity index (χ4v) is 4.00. The Hall–Kier alpha value is -4.31. The van der Waals surface area contributed by atoms with Gasteiger partial charge in [-0.1, -0.05) is 12.1 Å². The number of hydrogen-bond acceptors (Lipinski definition) is 7. The van der Waals surface area contributed by atoms with E-state index in [2.05, 4.69) is 42.5 Å². The predicted molar refractivity (Wildman–Crippen MR) is 135 cm³/mol. The van der Waals surface area contributed by atoms with Gasteiger partial charge in [-0.25, -0.2) is 15.0 Å². The van der Waals surface area contributed by atoms with Crippen LogP contribution in [0.25, 0.3) is 22.6 Å². The number of carbonyl (C=O) groups excluding carboxylic acids is 2. The summed E-state index contributed by atoms with van der Waals surface area (Å²) in [7, 11) is 2.07. The average Bonchev–Trinajstić information content (AvgIpc) is 3.31. The average molecular weight is 471 g/mol. The number of nitrogens with one attached hydrogen (secondary N) is 3. The Morgan fingerprint density at radius 1 is 0.914 bits per heavy atom. The van der Waals surface area contributed by atoms with Crippen LogP contribution in [0.2, 0.25) is 0 Å². The molecule has 2 aromatic heterocycles. The zero-order valence-corrected chi connectivity index (χ0v) is 19.6. The normalized spacial score (nSPS) is 14.2. The van der Waals surface area contributed by atoms with Gasteiger partial charge in [-0.2, -0.15) is 0 Å². The topological polar surface area (TPSA) is 119 Å². The highest BCUT2D eigenvalue weighted by molar-refractivity contribution is 5.95. The van der Waals surface area contributed by atoms with Crippen molar-refractivity contribution in [2.45, 2.75) is 6.92 Å². The molecule has 4 aromatic rings. The number of rotatable bonds is 5. The third-order valence-corrected chi connectivity index (χ3v) is 5.95. The van der Waals surface area contributed by atoms with Gasteiger partial charge in [-0.05, 0) is 43.4 Å². The molecular formula is C25H26N8O2. The number of imidazole rings is 1. The van der Waals surface area contributed by atoms with E-state index in [0.29, 0.717) is 34.1 Å². The van der Waals surface area contributed by atoms with E-state index in [1.165, 1.54) is 13.3 Å². The van der Waals surface area contributed by atoms with Gasteiger partial charge in [0, 0.05) is 55.6 Å². The third-order valence-electron chi connectivity index (χ3n) is 5.95. The highest BCUT2D eigenvalue weighted by Crippen LogP contribution is 2.26. The van der Waals surface area contributed by atoms with Gasteiger partial charge in [0.15, 0.2) is 11.5 Å². The molecule has 10 heteroatoms. The highest BCUT2D eigenvalue weighted by atomic mass is 16.2. The first-order chi connectivity index (χ1) is 17.0. The van der Waals surface area contributed by atoms with Gasteiger partial charge in [-0.3, -0.25) is 9.59 Å². The number of anilines is 3. The third kappa shape index (κ3) is 4.97. The Labute approximate surface area is 202 Å². The second kappa shape index (κ2) is 9.51. The number of hydrogen-bond donors (Lipinski definition) is 3. The molecule has 1 aliphatic heterocycles. The predicted octanol–water partition coefficient (Wildman–Crippen LogP) is 3.11. The lowest BCUT2D eigenvalue weighted by Crippen LogP contribution is -2.47. The summed E-state index contributed by atoms with van der Waals surface area (Å²) in [6, 6.07) is 14.8. The Morgan fingerprint density at radius 2 is 1.60 bits per heavy atom. The number of nitrogens with zero attached hydrogens (tertiary/aromatic N) is 5. The lowest BCUT2D eigenvalue weighted by atomic mass is 10.1. The van der Waals surface area contributed by atoms with E-state index in [-0.39, 0.29) is 11.8 Å². The molecule has 1 aliphatic rings. The maximum atomic E-state index is 12.8. The molecule has 2 amide bonds. The summed E-state index contributed by atoms with van der Waals surface area (Å²) < 4.78 is 0. The van der Waals surface area contributed by atoms with Crippen LogP contribution in [0.5, 0.6) is 0 Å². The van der Waals surface area contributed by atoms with Gasteiger partial charge >= 0.3 is 0 Å². The molecule has 3 heterocycles. The molecule has 5 rings (SSSR count). The minimum atomic E-state index is -0.120. The van der Waals surface area contributed by atoms with Gasteiger partial charge < -0.3 is 25.4 Å². The first-order valence-corrected chi connectivity index (χ1v) is 11.4. The molecule has 10 nitrogen and oxygen atoms in total. The number of aromatic nitrogens is 4. The Balaban J connectivity index is 1.34. The van der Waals surface area contributed by atoms with Gasteiger partial charge in [0.2, 0.25) is 5.91 Å². The number of aromatic amines is 1. The van der Waals surface area contributed by atoms with Crippen LogP contribution in [0.1, 0.15) is 17.3 Å². The van der Waals surface area contributed by atoms with Crippen LogP contribution in [0.15, 0.2) is 54.9 Å². The molecule has 178 valence electrons. The summed E-state index contributed by atoms with van der Waals surface area (Å²) in [4.78, 5) is 44.7. The van der Waals surface area contributed by atoms with Crippen molar-refractivity contribution in [3.05, 3.63) is 60.4 Å². The first-order valence-electron chi connectivity index (χ1n) is 11.4. The summed E-state index contributed by atoms with van der Waals surface area (Å²) in [6.07, 6.45) is 1.46. The van der Waals surface area contributed by atoms with Gasteiger partial charge in [-0.15, -0.1) is 0 Å². The van der Waals surface area contributed by atoms with E-state index in [0.717, 1.165) is 37.4 Å². The maximum absolute atomic E-state index is 12.8. The summed E-state index contributed by atoms with van der Waals surface area (Å²) in [5, 5.41) is 6.01. The van der Waals surface area contributed by atoms with Crippen molar-refractivity contribution in [2.24, 2.45) is 0 Å². The number of H-pyrrole nitrogens is 1. The molecule has 0 atom stereocenters. The number of carbonyl (C=O) groups is 2. The number of piperazine rings is 1. The molecule has 0 saturated carbocycles. The number of fused-ring (bicyclic) bond motifs is 1. The summed E-state index contributed by atoms with van der Waals surface area (Å²) in [5.74, 6) is 1.16. The van der Waals surface area contributed by atoms with Crippen molar-refractivity contribution >= 4 is 40.2 Å². The SMILES string of the molecule is CC(=O)Nc1ccc(Nc2ncnc3nc(-c4ccc(C(=O)N5CCN(C)CC5)cc4)[nH]c23)cc1. The lowest BCUT2D eigenvalue weighted by molar-refractivity contribution is -0.114. The smallest absolute Gasteiger partial charge is 0.253 e. The van der Waals surface area contributed by atoms with E-state index in [1.54, 1.807) is 0 Å². The number of likely N-dealkylation sites (N-methyl/N-ethyl adjacent to an activating group) is 1. The van der Waals surface area contributed by atoms with Crippen molar-refractivity contribution in [2.75, 3.05) is 43.9 Å². The molecule has 2 aromatic carbocycles. The molecule has 35 heavy (non-hydrogen) atoms. The van der Waals surface area contributed by atoms with Crippen LogP contribution < -0.4 is 10.6 Å². The largest absolute Gasteiger partial charge is 0.338 e. The Kier molecular flexibility index (Phi) is 6.11. The molecule has 0 spiro atoms. The Morgan fingerprint density at radius 3 is 2.29 bits per heavy atom. The van der Waals surface area contributed by atoms with Gasteiger partial charge in [0.05, 0.1) is 0 Å². The zero-order valence-electron chi connectivity index (χ0n) is 19.6. The fourth-order valence-electron chi connectivity index (χ4n) is 4.00. The minimum absolute atomic E-state index is 0.0520. The highest BCUT2D eigenvalue weighted by Gasteiger charge is 2.20. The molecule has 0 unspecified atom stereocenters. The maximum Gasteiger partial charge on any atom is 0.253 e. The van der Waals surface area contributed by atoms with E-state index in [9.17, 15) is 9.59 Å². The van der Waals surface area contributed by atoms with Crippen molar-refractivity contribution in [1.29, 1.82) is 0 Å². The summed E-state index contributed by atoms with van der Waals surface area (Å²) >= 11 is 0. The minimum Gasteiger partial charge on any atom is -0.338 e. The molecule has 1 fully saturated rings. The van der Waals surface area contributed by atoms with E-state index >= 15 is 0 Å². The quantitative estimate of drug-likeness (QED) is 0.410. The second-order valence-electron chi connectivity index (χ2n) is 8.56. The zero-order chi connectivity index (χ0) is 24.4. The number of benzene rings is 2. The molecule has 0 aliphatic carbocycles. The standard InChI is InChI=1S/C25H26N8O2/c1-16(34)28-19-7-9-20(10-8-19)29-23-21-24(27-15-26-23)31-22(30-21)17-3-5-18(6-4-17)25(35)33-13-11-32(2)12-14-33/h3-10,15H,11-14H2,1-2H3,(H,28,34)(H2,26,27,29,30,31). The second-order valence-corrected chi connectivity index (χ2v) is 8.56. The van der Waals surface area contributed by atoms with E-state index < -0.39 is 0 Å². The fraction of sp³-hybridized carbons (Fsp3) is 0.240. The van der Waals surface area contributed by atoms with Crippen molar-refractivity contribution in [1.82, 2.24) is 29.7 Å². The summed E-state index contributed by atoms with van der Waals surface area (Å²) in [6.45, 7) is 4.73. The number of amides is 2. The summed E-state index contributed by atoms with van der Waals surface area (Å²) in [5.41, 5.74) is 4.25. The van der Waals surface area contributed by atoms with Crippen molar-refractivity contribution in [3.8, 4) is 11.4 Å². The molecule has 0 bridgehead atoms. The van der Waals surface area contributed by atoms with Crippen LogP contribution in [0.3, 0.4) is 0 Å². The first kappa shape index (κ1) is 22.5. The molecule has 1 saturated heterocycles. The Bertz CT molecular complexity index is 1360. The molecule has 0 radical (unpaired) electrons. The van der Waals surface area contributed by atoms with E-state index in [1.807, 2.05) is 53.4 Å². The van der Waals surface area contributed by atoms with Crippen molar-refractivity contribution < 1.29 is 9.59 Å². The van der Waals surface area contributed by atoms with Gasteiger partial charge in [0.1, 0.15) is 17.7 Å². The van der Waals surface area contributed by atoms with Crippen LogP contribution in [0.4, 0.5) is 17.2 Å². The lowest BCUT2D eigenvalue weighted by Gasteiger charge is -2.32. The van der Waals surface area contributed by atoms with Crippen molar-refractivity contribution in [3.63, 3.8) is 0 Å².